The molecule has 8 aromatic rings. The fraction of sp³-hybridized carbons (Fsp3) is 0. The Bertz CT molecular complexity index is 2320. The maximum Gasteiger partial charge on any atom is 0.154 e. The van der Waals surface area contributed by atoms with Crippen LogP contribution in [0.3, 0.4) is 0 Å². The first kappa shape index (κ1) is 24.8. The number of aromatic nitrogens is 1. The first-order chi connectivity index (χ1) is 21.3. The summed E-state index contributed by atoms with van der Waals surface area (Å²) in [5.41, 5.74) is 11.1. The Morgan fingerprint density at radius 3 is 1.86 bits per heavy atom. The normalized spacial score (nSPS) is 12.0. The van der Waals surface area contributed by atoms with Gasteiger partial charge in [-0.15, -0.1) is 0 Å². The van der Waals surface area contributed by atoms with Gasteiger partial charge in [0, 0.05) is 21.9 Å². The number of nitrogens with one attached hydrogen (secondary N) is 2. The van der Waals surface area contributed by atoms with Crippen LogP contribution in [0, 0.1) is 5.41 Å². The lowest BCUT2D eigenvalue weighted by Crippen LogP contribution is -2.25. The van der Waals surface area contributed by atoms with E-state index >= 15 is 0 Å². The van der Waals surface area contributed by atoms with Crippen LogP contribution in [-0.2, 0) is 0 Å². The number of amidine groups is 2. The van der Waals surface area contributed by atoms with Crippen LogP contribution in [0.15, 0.2) is 155 Å². The third-order valence-corrected chi connectivity index (χ3v) is 7.91. The maximum atomic E-state index is 8.80. The van der Waals surface area contributed by atoms with Crippen molar-refractivity contribution in [2.45, 2.75) is 0 Å². The molecule has 0 bridgehead atoms. The van der Waals surface area contributed by atoms with Gasteiger partial charge in [0.15, 0.2) is 11.7 Å². The van der Waals surface area contributed by atoms with E-state index in [1.165, 1.54) is 0 Å². The molecule has 0 unspecified atom stereocenters. The minimum absolute atomic E-state index is 0.181. The molecule has 0 aliphatic heterocycles. The van der Waals surface area contributed by atoms with Crippen LogP contribution in [-0.4, -0.2) is 16.3 Å². The number of benzene rings is 6. The molecule has 0 saturated carbocycles. The van der Waals surface area contributed by atoms with Crippen molar-refractivity contribution in [2.75, 3.05) is 5.43 Å². The Hall–Kier alpha value is -5.94. The van der Waals surface area contributed by atoms with E-state index < -0.39 is 0 Å². The lowest BCUT2D eigenvalue weighted by molar-refractivity contribution is 0.664. The molecule has 2 N–H and O–H groups in total. The molecule has 6 aromatic carbocycles. The number of fused-ring (bicyclic) bond motifs is 2. The average Bonchev–Trinajstić information content (AvgIpc) is 3.30. The Morgan fingerprint density at radius 1 is 0.558 bits per heavy atom. The van der Waals surface area contributed by atoms with Crippen molar-refractivity contribution in [2.24, 2.45) is 4.99 Å². The molecule has 0 saturated heterocycles. The smallest absolute Gasteiger partial charge is 0.154 e. The quantitative estimate of drug-likeness (QED) is 0.168. The van der Waals surface area contributed by atoms with Gasteiger partial charge in [-0.25, -0.2) is 4.99 Å². The molecule has 0 aliphatic rings. The van der Waals surface area contributed by atoms with Gasteiger partial charge in [0.2, 0.25) is 0 Å². The molecule has 2 heterocycles. The fourth-order valence-electron chi connectivity index (χ4n) is 5.99. The molecule has 0 aliphatic carbocycles. The van der Waals surface area contributed by atoms with Gasteiger partial charge in [-0.05, 0) is 40.8 Å². The molecular formula is C38H26N4O. The molecule has 43 heavy (non-hydrogen) atoms. The lowest BCUT2D eigenvalue weighted by Gasteiger charge is -2.15. The van der Waals surface area contributed by atoms with Crippen molar-refractivity contribution in [1.82, 2.24) is 4.68 Å². The summed E-state index contributed by atoms with van der Waals surface area (Å²) >= 11 is 0. The topological polar surface area (TPSA) is 66.3 Å². The van der Waals surface area contributed by atoms with Gasteiger partial charge in [0.1, 0.15) is 11.2 Å². The van der Waals surface area contributed by atoms with Crippen LogP contribution in [0.5, 0.6) is 0 Å². The molecule has 0 amide bonds. The SMILES string of the molecule is N=C(/N=C(\Nn1c2cccc3oc4cccc(-c5ccccc5)c4c4cccc1c4c32)c1ccccc1)c1ccccc1. The van der Waals surface area contributed by atoms with E-state index in [-0.39, 0.29) is 5.84 Å². The van der Waals surface area contributed by atoms with Crippen LogP contribution in [0.2, 0.25) is 0 Å². The highest BCUT2D eigenvalue weighted by molar-refractivity contribution is 6.28. The predicted molar refractivity (Wildman–Crippen MR) is 178 cm³/mol. The van der Waals surface area contributed by atoms with Gasteiger partial charge in [-0.1, -0.05) is 121 Å². The Balaban J connectivity index is 1.42. The highest BCUT2D eigenvalue weighted by atomic mass is 16.3. The maximum absolute atomic E-state index is 8.80. The lowest BCUT2D eigenvalue weighted by atomic mass is 9.97. The third kappa shape index (κ3) is 4.18. The van der Waals surface area contributed by atoms with Crippen molar-refractivity contribution in [3.05, 3.63) is 157 Å². The van der Waals surface area contributed by atoms with E-state index in [4.69, 9.17) is 14.8 Å². The van der Waals surface area contributed by atoms with Crippen molar-refractivity contribution in [1.29, 1.82) is 5.41 Å². The number of hydrogen-bond donors (Lipinski definition) is 2. The van der Waals surface area contributed by atoms with Crippen molar-refractivity contribution in [3.63, 3.8) is 0 Å². The summed E-state index contributed by atoms with van der Waals surface area (Å²) in [6.07, 6.45) is 0. The van der Waals surface area contributed by atoms with Gasteiger partial charge in [0.25, 0.3) is 0 Å². The third-order valence-electron chi connectivity index (χ3n) is 7.91. The number of rotatable bonds is 4. The minimum Gasteiger partial charge on any atom is -0.456 e. The Labute approximate surface area is 247 Å². The van der Waals surface area contributed by atoms with Crippen LogP contribution in [0.4, 0.5) is 0 Å². The zero-order valence-corrected chi connectivity index (χ0v) is 23.2. The molecule has 204 valence electrons. The molecule has 0 spiro atoms. The van der Waals surface area contributed by atoms with E-state index in [1.807, 2.05) is 84.9 Å². The van der Waals surface area contributed by atoms with Crippen LogP contribution in [0.1, 0.15) is 11.1 Å². The summed E-state index contributed by atoms with van der Waals surface area (Å²) in [6, 6.07) is 48.8. The second kappa shape index (κ2) is 10.2. The summed E-state index contributed by atoms with van der Waals surface area (Å²) < 4.78 is 8.77. The Morgan fingerprint density at radius 2 is 1.14 bits per heavy atom. The first-order valence-corrected chi connectivity index (χ1v) is 14.2. The zero-order chi connectivity index (χ0) is 28.8. The molecule has 0 fully saturated rings. The molecule has 2 aromatic heterocycles. The average molecular weight is 555 g/mol. The molecule has 5 heteroatoms. The van der Waals surface area contributed by atoms with Crippen molar-refractivity contribution < 1.29 is 4.42 Å². The molecule has 5 nitrogen and oxygen atoms in total. The second-order valence-electron chi connectivity index (χ2n) is 10.5. The number of nitrogens with zero attached hydrogens (tertiary/aromatic N) is 2. The highest BCUT2D eigenvalue weighted by Gasteiger charge is 2.20. The van der Waals surface area contributed by atoms with Crippen molar-refractivity contribution >= 4 is 55.4 Å². The summed E-state index contributed by atoms with van der Waals surface area (Å²) in [5.74, 6) is 0.757. The van der Waals surface area contributed by atoms with Gasteiger partial charge >= 0.3 is 0 Å². The largest absolute Gasteiger partial charge is 0.456 e. The summed E-state index contributed by atoms with van der Waals surface area (Å²) in [7, 11) is 0. The van der Waals surface area contributed by atoms with E-state index in [1.54, 1.807) is 0 Å². The van der Waals surface area contributed by atoms with Gasteiger partial charge < -0.3 is 4.42 Å². The van der Waals surface area contributed by atoms with E-state index in [0.29, 0.717) is 5.84 Å². The number of hydrogen-bond acceptors (Lipinski definition) is 2. The zero-order valence-electron chi connectivity index (χ0n) is 23.2. The van der Waals surface area contributed by atoms with Crippen LogP contribution in [0.25, 0.3) is 54.9 Å². The van der Waals surface area contributed by atoms with Crippen molar-refractivity contribution in [3.8, 4) is 11.1 Å². The first-order valence-electron chi connectivity index (χ1n) is 14.2. The van der Waals surface area contributed by atoms with E-state index in [9.17, 15) is 0 Å². The number of aliphatic imine (C=N–C) groups is 1. The highest BCUT2D eigenvalue weighted by Crippen LogP contribution is 2.41. The van der Waals surface area contributed by atoms with Gasteiger partial charge in [-0.2, -0.15) is 0 Å². The van der Waals surface area contributed by atoms with Crippen LogP contribution < -0.4 is 5.43 Å². The molecule has 0 radical (unpaired) electrons. The molecule has 0 atom stereocenters. The van der Waals surface area contributed by atoms with Gasteiger partial charge in [0.05, 0.1) is 16.4 Å². The van der Waals surface area contributed by atoms with E-state index in [0.717, 1.165) is 66.0 Å². The summed E-state index contributed by atoms with van der Waals surface area (Å²) in [4.78, 5) is 4.81. The predicted octanol–water partition coefficient (Wildman–Crippen LogP) is 9.38. The minimum atomic E-state index is 0.181. The fourth-order valence-corrected chi connectivity index (χ4v) is 5.99. The van der Waals surface area contributed by atoms with E-state index in [2.05, 4.69) is 70.8 Å². The monoisotopic (exact) mass is 554 g/mol. The molecular weight excluding hydrogens is 528 g/mol. The Kier molecular flexibility index (Phi) is 5.86. The summed E-state index contributed by atoms with van der Waals surface area (Å²) in [5, 5.41) is 13.1. The van der Waals surface area contributed by atoms with Crippen LogP contribution >= 0.6 is 0 Å². The standard InChI is InChI=1S/C38H26N4O/c39-37(26-15-6-2-7-16-26)40-38(27-17-8-3-9-18-27)41-42-30-21-10-20-29-34-28(25-13-4-1-5-14-25)19-11-23-32(34)43-33-24-12-22-31(42)36(33)35(29)30/h1-24H,(H2,39,40,41). The second-order valence-corrected chi connectivity index (χ2v) is 10.5. The van der Waals surface area contributed by atoms with Gasteiger partial charge in [-0.3, -0.25) is 15.5 Å². The summed E-state index contributed by atoms with van der Waals surface area (Å²) in [6.45, 7) is 0. The molecule has 8 rings (SSSR count).